The molecule has 0 spiro atoms. The molecule has 1 aliphatic rings. The summed E-state index contributed by atoms with van der Waals surface area (Å²) in [5.74, 6) is 2.43. The molecule has 0 saturated heterocycles. The van der Waals surface area contributed by atoms with Gasteiger partial charge in [0.2, 0.25) is 11.7 Å². The molecule has 0 bridgehead atoms. The lowest BCUT2D eigenvalue weighted by molar-refractivity contribution is -0.116. The number of anilines is 1. The zero-order valence-electron chi connectivity index (χ0n) is 15.7. The molecule has 0 fully saturated rings. The van der Waals surface area contributed by atoms with Gasteiger partial charge in [0.05, 0.1) is 7.11 Å². The summed E-state index contributed by atoms with van der Waals surface area (Å²) >= 11 is 0. The lowest BCUT2D eigenvalue weighted by Gasteiger charge is -2.20. The fraction of sp³-hybridized carbons (Fsp3) is 0.300. The van der Waals surface area contributed by atoms with Crippen LogP contribution in [0.3, 0.4) is 0 Å². The van der Waals surface area contributed by atoms with Crippen LogP contribution in [0.15, 0.2) is 36.5 Å². The van der Waals surface area contributed by atoms with Crippen LogP contribution in [0.1, 0.15) is 11.1 Å². The first-order chi connectivity index (χ1) is 13.1. The second-order valence-corrected chi connectivity index (χ2v) is 6.18. The van der Waals surface area contributed by atoms with Gasteiger partial charge < -0.3 is 24.4 Å². The third-order valence-electron chi connectivity index (χ3n) is 4.02. The summed E-state index contributed by atoms with van der Waals surface area (Å²) in [4.78, 5) is 18.4. The van der Waals surface area contributed by atoms with Gasteiger partial charge >= 0.3 is 0 Å². The van der Waals surface area contributed by atoms with E-state index in [0.717, 1.165) is 16.9 Å². The number of nitrogens with one attached hydrogen (secondary N) is 1. The van der Waals surface area contributed by atoms with E-state index >= 15 is 0 Å². The smallest absolute Gasteiger partial charge is 0.244 e. The topological polar surface area (TPSA) is 72.9 Å². The van der Waals surface area contributed by atoms with E-state index in [1.54, 1.807) is 19.4 Å². The van der Waals surface area contributed by atoms with E-state index < -0.39 is 0 Å². The lowest BCUT2D eigenvalue weighted by atomic mass is 10.1. The number of pyridine rings is 1. The number of nitrogens with zero attached hydrogens (tertiary/aromatic N) is 2. The van der Waals surface area contributed by atoms with Gasteiger partial charge in [-0.15, -0.1) is 0 Å². The van der Waals surface area contributed by atoms with Crippen LogP contribution in [0.5, 0.6) is 17.2 Å². The second kappa shape index (κ2) is 8.44. The third kappa shape index (κ3) is 4.49. The number of benzene rings is 1. The number of aromatic nitrogens is 1. The first-order valence-electron chi connectivity index (χ1n) is 8.63. The van der Waals surface area contributed by atoms with Gasteiger partial charge in [-0.05, 0) is 29.8 Å². The van der Waals surface area contributed by atoms with Crippen molar-refractivity contribution < 1.29 is 19.0 Å². The van der Waals surface area contributed by atoms with E-state index in [9.17, 15) is 4.79 Å². The standard InChI is InChI=1S/C20H23N3O4/c1-23(2)20-15(5-4-8-21-20)13-22-18(24)7-6-14-11-16(25-3)19-17(12-14)26-9-10-27-19/h4-8,11-12H,9-10,13H2,1-3H3,(H,22,24). The van der Waals surface area contributed by atoms with Gasteiger partial charge in [-0.1, -0.05) is 6.07 Å². The molecule has 1 aromatic carbocycles. The Morgan fingerprint density at radius 2 is 2.15 bits per heavy atom. The highest BCUT2D eigenvalue weighted by molar-refractivity contribution is 5.92. The van der Waals surface area contributed by atoms with Crippen LogP contribution in [-0.4, -0.2) is 45.3 Å². The van der Waals surface area contributed by atoms with Crippen LogP contribution >= 0.6 is 0 Å². The molecule has 0 atom stereocenters. The summed E-state index contributed by atoms with van der Waals surface area (Å²) in [6.07, 6.45) is 4.93. The van der Waals surface area contributed by atoms with Crippen LogP contribution < -0.4 is 24.4 Å². The van der Waals surface area contributed by atoms with E-state index in [4.69, 9.17) is 14.2 Å². The molecule has 1 aliphatic heterocycles. The third-order valence-corrected chi connectivity index (χ3v) is 4.02. The monoisotopic (exact) mass is 369 g/mol. The van der Waals surface area contributed by atoms with Crippen LogP contribution in [-0.2, 0) is 11.3 Å². The Morgan fingerprint density at radius 3 is 2.93 bits per heavy atom. The van der Waals surface area contributed by atoms with Crippen molar-refractivity contribution in [1.29, 1.82) is 0 Å². The molecule has 27 heavy (non-hydrogen) atoms. The van der Waals surface area contributed by atoms with Crippen molar-refractivity contribution >= 4 is 17.8 Å². The molecule has 1 amide bonds. The minimum absolute atomic E-state index is 0.197. The molecule has 142 valence electrons. The fourth-order valence-electron chi connectivity index (χ4n) is 2.77. The van der Waals surface area contributed by atoms with Gasteiger partial charge in [0.15, 0.2) is 11.5 Å². The van der Waals surface area contributed by atoms with Crippen molar-refractivity contribution in [3.05, 3.63) is 47.7 Å². The number of methoxy groups -OCH3 is 1. The first-order valence-corrected chi connectivity index (χ1v) is 8.63. The van der Waals surface area contributed by atoms with E-state index in [1.165, 1.54) is 6.08 Å². The summed E-state index contributed by atoms with van der Waals surface area (Å²) < 4.78 is 16.5. The van der Waals surface area contributed by atoms with Gasteiger partial charge in [-0.2, -0.15) is 0 Å². The zero-order valence-corrected chi connectivity index (χ0v) is 15.7. The van der Waals surface area contributed by atoms with Crippen LogP contribution in [0, 0.1) is 0 Å². The van der Waals surface area contributed by atoms with Crippen LogP contribution in [0.4, 0.5) is 5.82 Å². The summed E-state index contributed by atoms with van der Waals surface area (Å²) in [5, 5.41) is 2.88. The van der Waals surface area contributed by atoms with Crippen LogP contribution in [0.2, 0.25) is 0 Å². The normalized spacial score (nSPS) is 12.7. The lowest BCUT2D eigenvalue weighted by Crippen LogP contribution is -2.22. The highest BCUT2D eigenvalue weighted by atomic mass is 16.6. The highest BCUT2D eigenvalue weighted by Crippen LogP contribution is 2.40. The van der Waals surface area contributed by atoms with Crippen molar-refractivity contribution in [1.82, 2.24) is 10.3 Å². The zero-order chi connectivity index (χ0) is 19.2. The number of amides is 1. The van der Waals surface area contributed by atoms with Gasteiger partial charge in [-0.3, -0.25) is 4.79 Å². The number of hydrogen-bond donors (Lipinski definition) is 1. The van der Waals surface area contributed by atoms with Crippen molar-refractivity contribution in [3.63, 3.8) is 0 Å². The van der Waals surface area contributed by atoms with Crippen molar-refractivity contribution in [2.75, 3.05) is 39.3 Å². The summed E-state index contributed by atoms with van der Waals surface area (Å²) in [6.45, 7) is 1.38. The minimum atomic E-state index is -0.197. The molecule has 1 N–H and O–H groups in total. The predicted octanol–water partition coefficient (Wildman–Crippen LogP) is 2.26. The number of hydrogen-bond acceptors (Lipinski definition) is 6. The minimum Gasteiger partial charge on any atom is -0.493 e. The summed E-state index contributed by atoms with van der Waals surface area (Å²) in [6, 6.07) is 7.43. The number of rotatable bonds is 6. The molecule has 0 aliphatic carbocycles. The molecule has 1 aromatic heterocycles. The SMILES string of the molecule is COc1cc(C=CC(=O)NCc2cccnc2N(C)C)cc2c1OCCO2. The average Bonchev–Trinajstić information content (AvgIpc) is 2.70. The maximum Gasteiger partial charge on any atom is 0.244 e. The van der Waals surface area contributed by atoms with Gasteiger partial charge in [0.25, 0.3) is 0 Å². The Morgan fingerprint density at radius 1 is 1.33 bits per heavy atom. The number of carbonyl (C=O) groups excluding carboxylic acids is 1. The molecule has 3 rings (SSSR count). The molecule has 0 radical (unpaired) electrons. The van der Waals surface area contributed by atoms with E-state index in [2.05, 4.69) is 10.3 Å². The Labute approximate surface area is 158 Å². The Hall–Kier alpha value is -3.22. The highest BCUT2D eigenvalue weighted by Gasteiger charge is 2.17. The maximum absolute atomic E-state index is 12.2. The maximum atomic E-state index is 12.2. The molecular formula is C20H23N3O4. The summed E-state index contributed by atoms with van der Waals surface area (Å²) in [7, 11) is 5.41. The molecule has 2 aromatic rings. The van der Waals surface area contributed by atoms with Gasteiger partial charge in [-0.25, -0.2) is 4.98 Å². The molecular weight excluding hydrogens is 346 g/mol. The van der Waals surface area contributed by atoms with Crippen molar-refractivity contribution in [3.8, 4) is 17.2 Å². The largest absolute Gasteiger partial charge is 0.493 e. The van der Waals surface area contributed by atoms with E-state index in [-0.39, 0.29) is 5.91 Å². The first kappa shape index (κ1) is 18.6. The van der Waals surface area contributed by atoms with Crippen molar-refractivity contribution in [2.45, 2.75) is 6.54 Å². The summed E-state index contributed by atoms with van der Waals surface area (Å²) in [5.41, 5.74) is 1.74. The van der Waals surface area contributed by atoms with Crippen molar-refractivity contribution in [2.24, 2.45) is 0 Å². The van der Waals surface area contributed by atoms with Crippen LogP contribution in [0.25, 0.3) is 6.08 Å². The Bertz CT molecular complexity index is 832. The van der Waals surface area contributed by atoms with Gasteiger partial charge in [0, 0.05) is 38.5 Å². The van der Waals surface area contributed by atoms with Gasteiger partial charge in [0.1, 0.15) is 19.0 Å². The fourth-order valence-corrected chi connectivity index (χ4v) is 2.77. The number of ether oxygens (including phenoxy) is 3. The molecule has 0 saturated carbocycles. The number of fused-ring (bicyclic) bond motifs is 1. The Kier molecular flexibility index (Phi) is 5.80. The average molecular weight is 369 g/mol. The molecule has 2 heterocycles. The number of carbonyl (C=O) groups is 1. The molecule has 7 heteroatoms. The van der Waals surface area contributed by atoms with E-state index in [0.29, 0.717) is 37.0 Å². The predicted molar refractivity (Wildman–Crippen MR) is 103 cm³/mol. The second-order valence-electron chi connectivity index (χ2n) is 6.18. The van der Waals surface area contributed by atoms with E-state index in [1.807, 2.05) is 43.3 Å². The Balaban J connectivity index is 1.67. The quantitative estimate of drug-likeness (QED) is 0.788. The molecule has 0 unspecified atom stereocenters. The molecule has 7 nitrogen and oxygen atoms in total.